The zero-order valence-corrected chi connectivity index (χ0v) is 17.9. The van der Waals surface area contributed by atoms with Crippen LogP contribution in [-0.4, -0.2) is 11.8 Å². The molecule has 0 fully saturated rings. The fourth-order valence-electron chi connectivity index (χ4n) is 3.85. The highest BCUT2D eigenvalue weighted by Gasteiger charge is 2.53. The van der Waals surface area contributed by atoms with Gasteiger partial charge in [0.15, 0.2) is 0 Å². The predicted molar refractivity (Wildman–Crippen MR) is 112 cm³/mol. The van der Waals surface area contributed by atoms with Crippen LogP contribution >= 0.6 is 0 Å². The molecule has 1 aromatic carbocycles. The fraction of sp³-hybridized carbons (Fsp3) is 0.609. The van der Waals surface area contributed by atoms with Gasteiger partial charge in [-0.25, -0.2) is 0 Å². The lowest BCUT2D eigenvalue weighted by Crippen LogP contribution is -2.49. The highest BCUT2D eigenvalue weighted by Crippen LogP contribution is 2.55. The van der Waals surface area contributed by atoms with Crippen LogP contribution in [0, 0.1) is 11.3 Å². The summed E-state index contributed by atoms with van der Waals surface area (Å²) >= 11 is 0. The van der Waals surface area contributed by atoms with Crippen LogP contribution in [0.25, 0.3) is 0 Å². The molecule has 25 heavy (non-hydrogen) atoms. The number of hydrogen-bond donors (Lipinski definition) is 1. The van der Waals surface area contributed by atoms with Crippen molar-refractivity contribution in [3.05, 3.63) is 42.5 Å². The van der Waals surface area contributed by atoms with E-state index in [0.717, 1.165) is 6.42 Å². The molecule has 0 saturated carbocycles. The Kier molecular flexibility index (Phi) is 9.18. The van der Waals surface area contributed by atoms with Crippen molar-refractivity contribution < 1.29 is 4.79 Å². The number of Topliss-reactive ketones (excluding diaryl/α,β-unsaturated/α-hetero) is 1. The number of rotatable bonds is 5. The molecule has 3 atom stereocenters. The molecule has 1 heterocycles. The molecule has 0 aromatic heterocycles. The second-order valence-corrected chi connectivity index (χ2v) is 7.02. The van der Waals surface area contributed by atoms with E-state index in [-0.39, 0.29) is 28.6 Å². The number of ketones is 1. The standard InChI is InChI=1S/C19H27NO.2C2H6/c1-7-18(5,6)19(12-13(2)14(3)21)15(4)20-17-11-9-8-10-16(17)19;2*1-2/h7-11,13,15,20H,1,12H2,2-6H3;2*1-2H3. The molecule has 1 N–H and O–H groups in total. The lowest BCUT2D eigenvalue weighted by Gasteiger charge is -2.47. The lowest BCUT2D eigenvalue weighted by molar-refractivity contribution is -0.121. The van der Waals surface area contributed by atoms with Gasteiger partial charge in [-0.3, -0.25) is 4.79 Å². The summed E-state index contributed by atoms with van der Waals surface area (Å²) in [5.41, 5.74) is 2.29. The van der Waals surface area contributed by atoms with E-state index >= 15 is 0 Å². The number of hydrogen-bond acceptors (Lipinski definition) is 2. The Labute approximate surface area is 156 Å². The third kappa shape index (κ3) is 4.34. The van der Waals surface area contributed by atoms with Crippen molar-refractivity contribution >= 4 is 11.5 Å². The van der Waals surface area contributed by atoms with E-state index in [2.05, 4.69) is 56.9 Å². The van der Waals surface area contributed by atoms with Gasteiger partial charge in [0, 0.05) is 23.1 Å². The minimum Gasteiger partial charge on any atom is -0.381 e. The topological polar surface area (TPSA) is 29.1 Å². The van der Waals surface area contributed by atoms with E-state index in [4.69, 9.17) is 0 Å². The highest BCUT2D eigenvalue weighted by atomic mass is 16.1. The minimum atomic E-state index is -0.115. The molecular formula is C23H39NO. The highest BCUT2D eigenvalue weighted by molar-refractivity contribution is 5.78. The van der Waals surface area contributed by atoms with Crippen LogP contribution in [-0.2, 0) is 10.2 Å². The second-order valence-electron chi connectivity index (χ2n) is 7.02. The predicted octanol–water partition coefficient (Wildman–Crippen LogP) is 6.62. The first kappa shape index (κ1) is 23.4. The summed E-state index contributed by atoms with van der Waals surface area (Å²) in [5.74, 6) is 0.297. The number of nitrogens with one attached hydrogen (secondary N) is 1. The summed E-state index contributed by atoms with van der Waals surface area (Å²) < 4.78 is 0. The van der Waals surface area contributed by atoms with Crippen LogP contribution in [0.5, 0.6) is 0 Å². The van der Waals surface area contributed by atoms with Gasteiger partial charge >= 0.3 is 0 Å². The van der Waals surface area contributed by atoms with E-state index in [1.807, 2.05) is 40.7 Å². The summed E-state index contributed by atoms with van der Waals surface area (Å²) in [6.07, 6.45) is 2.88. The molecule has 1 aliphatic heterocycles. The number of para-hydroxylation sites is 1. The summed E-state index contributed by atoms with van der Waals surface area (Å²) in [6.45, 7) is 22.5. The van der Waals surface area contributed by atoms with E-state index in [9.17, 15) is 4.79 Å². The number of allylic oxidation sites excluding steroid dienone is 1. The average Bonchev–Trinajstić information content (AvgIpc) is 2.91. The maximum atomic E-state index is 11.9. The summed E-state index contributed by atoms with van der Waals surface area (Å²) in [4.78, 5) is 11.9. The van der Waals surface area contributed by atoms with Crippen molar-refractivity contribution in [2.45, 2.75) is 80.2 Å². The Bertz CT molecular complexity index is 561. The SMILES string of the molecule is C=CC(C)(C)C1(CC(C)C(C)=O)c2ccccc2NC1C.CC.CC. The van der Waals surface area contributed by atoms with Crippen molar-refractivity contribution in [1.82, 2.24) is 0 Å². The van der Waals surface area contributed by atoms with Crippen LogP contribution in [0.4, 0.5) is 5.69 Å². The smallest absolute Gasteiger partial charge is 0.132 e. The Morgan fingerprint density at radius 2 is 1.80 bits per heavy atom. The van der Waals surface area contributed by atoms with E-state index in [0.29, 0.717) is 0 Å². The second kappa shape index (κ2) is 9.79. The quantitative estimate of drug-likeness (QED) is 0.608. The number of anilines is 1. The molecule has 1 aliphatic rings. The van der Waals surface area contributed by atoms with Gasteiger partial charge in [0.05, 0.1) is 0 Å². The summed E-state index contributed by atoms with van der Waals surface area (Å²) in [6, 6.07) is 8.74. The van der Waals surface area contributed by atoms with Gasteiger partial charge in [0.2, 0.25) is 0 Å². The normalized spacial score (nSPS) is 22.2. The molecule has 0 radical (unpaired) electrons. The molecule has 0 aliphatic carbocycles. The zero-order valence-electron chi connectivity index (χ0n) is 17.9. The van der Waals surface area contributed by atoms with Crippen molar-refractivity contribution in [1.29, 1.82) is 0 Å². The van der Waals surface area contributed by atoms with Gasteiger partial charge < -0.3 is 5.32 Å². The monoisotopic (exact) mass is 345 g/mol. The van der Waals surface area contributed by atoms with Crippen LogP contribution < -0.4 is 5.32 Å². The maximum absolute atomic E-state index is 11.9. The molecule has 0 saturated heterocycles. The lowest BCUT2D eigenvalue weighted by atomic mass is 9.56. The first-order valence-corrected chi connectivity index (χ1v) is 9.76. The zero-order chi connectivity index (χ0) is 19.8. The van der Waals surface area contributed by atoms with Crippen molar-refractivity contribution in [2.75, 3.05) is 5.32 Å². The van der Waals surface area contributed by atoms with Crippen molar-refractivity contribution in [3.63, 3.8) is 0 Å². The molecule has 0 amide bonds. The van der Waals surface area contributed by atoms with E-state index in [1.165, 1.54) is 11.3 Å². The van der Waals surface area contributed by atoms with Crippen molar-refractivity contribution in [3.8, 4) is 0 Å². The molecule has 2 nitrogen and oxygen atoms in total. The molecule has 2 rings (SSSR count). The van der Waals surface area contributed by atoms with Gasteiger partial charge in [0.1, 0.15) is 5.78 Å². The molecule has 2 heteroatoms. The number of benzene rings is 1. The van der Waals surface area contributed by atoms with E-state index in [1.54, 1.807) is 6.92 Å². The largest absolute Gasteiger partial charge is 0.381 e. The first-order chi connectivity index (χ1) is 11.8. The van der Waals surface area contributed by atoms with Crippen LogP contribution in [0.3, 0.4) is 0 Å². The van der Waals surface area contributed by atoms with Gasteiger partial charge in [-0.15, -0.1) is 6.58 Å². The van der Waals surface area contributed by atoms with Crippen LogP contribution in [0.15, 0.2) is 36.9 Å². The van der Waals surface area contributed by atoms with Crippen LogP contribution in [0.1, 0.15) is 74.3 Å². The molecule has 0 spiro atoms. The average molecular weight is 346 g/mol. The number of fused-ring (bicyclic) bond motifs is 1. The summed E-state index contributed by atoms with van der Waals surface area (Å²) in [5, 5.41) is 3.61. The van der Waals surface area contributed by atoms with E-state index < -0.39 is 0 Å². The maximum Gasteiger partial charge on any atom is 0.132 e. The third-order valence-corrected chi connectivity index (χ3v) is 5.50. The third-order valence-electron chi connectivity index (χ3n) is 5.50. The summed E-state index contributed by atoms with van der Waals surface area (Å²) in [7, 11) is 0. The Morgan fingerprint density at radius 1 is 1.28 bits per heavy atom. The van der Waals surface area contributed by atoms with Gasteiger partial charge in [-0.05, 0) is 37.3 Å². The molecule has 142 valence electrons. The fourth-order valence-corrected chi connectivity index (χ4v) is 3.85. The molecular weight excluding hydrogens is 306 g/mol. The van der Waals surface area contributed by atoms with Gasteiger partial charge in [-0.1, -0.05) is 72.7 Å². The van der Waals surface area contributed by atoms with Gasteiger partial charge in [-0.2, -0.15) is 0 Å². The minimum absolute atomic E-state index is 0.0413. The van der Waals surface area contributed by atoms with Gasteiger partial charge in [0.25, 0.3) is 0 Å². The molecule has 3 unspecified atom stereocenters. The Morgan fingerprint density at radius 3 is 2.28 bits per heavy atom. The molecule has 0 bridgehead atoms. The van der Waals surface area contributed by atoms with Crippen LogP contribution in [0.2, 0.25) is 0 Å². The molecule has 1 aromatic rings. The first-order valence-electron chi connectivity index (χ1n) is 9.76. The number of carbonyl (C=O) groups excluding carboxylic acids is 1. The van der Waals surface area contributed by atoms with Crippen molar-refractivity contribution in [2.24, 2.45) is 11.3 Å². The Hall–Kier alpha value is -1.57. The Balaban J connectivity index is 0.00000134. The number of carbonyl (C=O) groups is 1.